The van der Waals surface area contributed by atoms with Crippen molar-refractivity contribution >= 4 is 48.1 Å². The highest BCUT2D eigenvalue weighted by atomic mass is 32.1. The lowest BCUT2D eigenvalue weighted by atomic mass is 10.0. The highest BCUT2D eigenvalue weighted by Gasteiger charge is 2.32. The molecule has 0 aliphatic rings. The van der Waals surface area contributed by atoms with Gasteiger partial charge in [-0.2, -0.15) is 12.6 Å². The summed E-state index contributed by atoms with van der Waals surface area (Å²) >= 11 is 3.91. The van der Waals surface area contributed by atoms with Crippen LogP contribution in [-0.4, -0.2) is 70.5 Å². The molecule has 0 aliphatic heterocycles. The van der Waals surface area contributed by atoms with E-state index in [1.54, 1.807) is 13.8 Å². The first kappa shape index (κ1) is 28.1. The van der Waals surface area contributed by atoms with Crippen LogP contribution in [0.25, 0.3) is 0 Å². The molecular weight excluding hydrogens is 432 g/mol. The first-order chi connectivity index (χ1) is 14.3. The van der Waals surface area contributed by atoms with E-state index in [4.69, 9.17) is 17.2 Å². The number of primary amides is 2. The van der Waals surface area contributed by atoms with E-state index in [0.29, 0.717) is 0 Å². The summed E-state index contributed by atoms with van der Waals surface area (Å²) in [6, 6.07) is -5.08. The molecule has 4 atom stereocenters. The van der Waals surface area contributed by atoms with Crippen molar-refractivity contribution in [3.05, 3.63) is 0 Å². The molecule has 176 valence electrons. The second kappa shape index (κ2) is 13.4. The van der Waals surface area contributed by atoms with Crippen molar-refractivity contribution in [3.8, 4) is 0 Å². The summed E-state index contributed by atoms with van der Waals surface area (Å²) in [5, 5.41) is 16.1. The number of carboxylic acid groups (broad SMARTS) is 1. The number of rotatable bonds is 14. The SMILES string of the molecule is CC(C)C(NC(=O)C(N)CS)C(=O)NC(CC(N)=O)C(=O)NC(CCC(N)=O)C(=O)O. The fraction of sp³-hybridized carbons (Fsp3) is 0.647. The van der Waals surface area contributed by atoms with Crippen molar-refractivity contribution in [1.82, 2.24) is 16.0 Å². The molecule has 0 radical (unpaired) electrons. The Hall–Kier alpha value is -2.87. The largest absolute Gasteiger partial charge is 0.480 e. The van der Waals surface area contributed by atoms with Crippen LogP contribution in [0.1, 0.15) is 33.1 Å². The van der Waals surface area contributed by atoms with Crippen LogP contribution in [-0.2, 0) is 28.8 Å². The summed E-state index contributed by atoms with van der Waals surface area (Å²) < 4.78 is 0. The zero-order chi connectivity index (χ0) is 24.3. The number of thiol groups is 1. The van der Waals surface area contributed by atoms with E-state index in [0.717, 1.165) is 0 Å². The highest BCUT2D eigenvalue weighted by Crippen LogP contribution is 2.06. The van der Waals surface area contributed by atoms with Crippen molar-refractivity contribution in [2.45, 2.75) is 57.3 Å². The van der Waals surface area contributed by atoms with Crippen LogP contribution in [0.4, 0.5) is 0 Å². The molecule has 14 heteroatoms. The van der Waals surface area contributed by atoms with Gasteiger partial charge in [0, 0.05) is 12.2 Å². The van der Waals surface area contributed by atoms with Crippen molar-refractivity contribution < 1.29 is 33.9 Å². The Kier molecular flexibility index (Phi) is 12.2. The van der Waals surface area contributed by atoms with E-state index in [-0.39, 0.29) is 18.6 Å². The van der Waals surface area contributed by atoms with Gasteiger partial charge in [-0.25, -0.2) is 4.79 Å². The molecule has 0 aromatic heterocycles. The molecule has 5 amide bonds. The Morgan fingerprint density at radius 3 is 1.84 bits per heavy atom. The van der Waals surface area contributed by atoms with Crippen LogP contribution in [0, 0.1) is 5.92 Å². The van der Waals surface area contributed by atoms with Crippen LogP contribution in [0.2, 0.25) is 0 Å². The van der Waals surface area contributed by atoms with E-state index < -0.39 is 72.0 Å². The average molecular weight is 463 g/mol. The third-order valence-electron chi connectivity index (χ3n) is 4.11. The number of hydrogen-bond acceptors (Lipinski definition) is 8. The van der Waals surface area contributed by atoms with Gasteiger partial charge in [-0.1, -0.05) is 13.8 Å². The van der Waals surface area contributed by atoms with E-state index >= 15 is 0 Å². The van der Waals surface area contributed by atoms with Crippen molar-refractivity contribution in [2.75, 3.05) is 5.75 Å². The minimum absolute atomic E-state index is 0.0346. The second-order valence-electron chi connectivity index (χ2n) is 7.16. The maximum Gasteiger partial charge on any atom is 0.326 e. The molecular formula is C17H30N6O7S. The zero-order valence-electron chi connectivity index (χ0n) is 17.3. The summed E-state index contributed by atoms with van der Waals surface area (Å²) in [5.41, 5.74) is 15.7. The third-order valence-corrected chi connectivity index (χ3v) is 4.51. The van der Waals surface area contributed by atoms with Gasteiger partial charge in [0.2, 0.25) is 29.5 Å². The van der Waals surface area contributed by atoms with E-state index in [2.05, 4.69) is 28.6 Å². The molecule has 0 spiro atoms. The van der Waals surface area contributed by atoms with E-state index in [1.807, 2.05) is 0 Å². The van der Waals surface area contributed by atoms with Crippen LogP contribution < -0.4 is 33.2 Å². The number of carbonyl (C=O) groups is 6. The Labute approximate surface area is 184 Å². The zero-order valence-corrected chi connectivity index (χ0v) is 18.2. The smallest absolute Gasteiger partial charge is 0.326 e. The highest BCUT2D eigenvalue weighted by molar-refractivity contribution is 7.80. The molecule has 0 aromatic carbocycles. The first-order valence-corrected chi connectivity index (χ1v) is 10.00. The Morgan fingerprint density at radius 2 is 1.42 bits per heavy atom. The number of carbonyl (C=O) groups excluding carboxylic acids is 5. The van der Waals surface area contributed by atoms with Gasteiger partial charge in [0.25, 0.3) is 0 Å². The number of carboxylic acids is 1. The van der Waals surface area contributed by atoms with Gasteiger partial charge in [-0.15, -0.1) is 0 Å². The van der Waals surface area contributed by atoms with Crippen LogP contribution in [0.5, 0.6) is 0 Å². The van der Waals surface area contributed by atoms with E-state index in [9.17, 15) is 33.9 Å². The Bertz CT molecular complexity index is 702. The lowest BCUT2D eigenvalue weighted by Crippen LogP contribution is -2.59. The summed E-state index contributed by atoms with van der Waals surface area (Å²) in [5.74, 6) is -5.99. The maximum atomic E-state index is 12.7. The molecule has 0 heterocycles. The predicted octanol–water partition coefficient (Wildman–Crippen LogP) is -3.42. The lowest BCUT2D eigenvalue weighted by molar-refractivity contribution is -0.142. The van der Waals surface area contributed by atoms with Gasteiger partial charge >= 0.3 is 5.97 Å². The van der Waals surface area contributed by atoms with E-state index in [1.165, 1.54) is 0 Å². The quantitative estimate of drug-likeness (QED) is 0.121. The summed E-state index contributed by atoms with van der Waals surface area (Å²) in [7, 11) is 0. The van der Waals surface area contributed by atoms with Crippen LogP contribution >= 0.6 is 12.6 Å². The summed E-state index contributed by atoms with van der Waals surface area (Å²) in [4.78, 5) is 70.8. The van der Waals surface area contributed by atoms with Crippen LogP contribution in [0.15, 0.2) is 0 Å². The van der Waals surface area contributed by atoms with Gasteiger partial charge < -0.3 is 38.3 Å². The number of amides is 5. The summed E-state index contributed by atoms with van der Waals surface area (Å²) in [6.07, 6.45) is -1.23. The molecule has 0 aliphatic carbocycles. The maximum absolute atomic E-state index is 12.7. The minimum Gasteiger partial charge on any atom is -0.480 e. The molecule has 0 bridgehead atoms. The minimum atomic E-state index is -1.52. The predicted molar refractivity (Wildman–Crippen MR) is 112 cm³/mol. The van der Waals surface area contributed by atoms with Crippen molar-refractivity contribution in [1.29, 1.82) is 0 Å². The molecule has 0 aromatic rings. The molecule has 13 nitrogen and oxygen atoms in total. The van der Waals surface area contributed by atoms with Crippen molar-refractivity contribution in [3.63, 3.8) is 0 Å². The molecule has 0 saturated carbocycles. The van der Waals surface area contributed by atoms with Gasteiger partial charge in [-0.3, -0.25) is 24.0 Å². The standard InChI is InChI=1S/C17H30N6O7S/c1-7(2)13(23-14(26)8(18)6-31)16(28)22-10(5-12(20)25)15(27)21-9(17(29)30)3-4-11(19)24/h7-10,13,31H,3-6,18H2,1-2H3,(H2,19,24)(H2,20,25)(H,21,27)(H,22,28)(H,23,26)(H,29,30). The molecule has 10 N–H and O–H groups in total. The normalized spacial score (nSPS) is 14.6. The van der Waals surface area contributed by atoms with Gasteiger partial charge in [0.05, 0.1) is 12.5 Å². The monoisotopic (exact) mass is 462 g/mol. The Morgan fingerprint density at radius 1 is 0.871 bits per heavy atom. The molecule has 0 saturated heterocycles. The average Bonchev–Trinajstić information content (AvgIpc) is 2.66. The number of hydrogen-bond donors (Lipinski definition) is 8. The molecule has 4 unspecified atom stereocenters. The third kappa shape index (κ3) is 10.6. The van der Waals surface area contributed by atoms with Gasteiger partial charge in [-0.05, 0) is 12.3 Å². The van der Waals surface area contributed by atoms with Crippen LogP contribution in [0.3, 0.4) is 0 Å². The summed E-state index contributed by atoms with van der Waals surface area (Å²) in [6.45, 7) is 3.26. The van der Waals surface area contributed by atoms with Gasteiger partial charge in [0.1, 0.15) is 18.1 Å². The number of aliphatic carboxylic acids is 1. The van der Waals surface area contributed by atoms with Gasteiger partial charge in [0.15, 0.2) is 0 Å². The lowest BCUT2D eigenvalue weighted by Gasteiger charge is -2.26. The first-order valence-electron chi connectivity index (χ1n) is 9.37. The Balaban J connectivity index is 5.43. The fourth-order valence-electron chi connectivity index (χ4n) is 2.37. The fourth-order valence-corrected chi connectivity index (χ4v) is 2.53. The molecule has 0 fully saturated rings. The number of nitrogens with two attached hydrogens (primary N) is 3. The second-order valence-corrected chi connectivity index (χ2v) is 7.52. The topological polar surface area (TPSA) is 237 Å². The molecule has 0 rings (SSSR count). The number of nitrogens with one attached hydrogen (secondary N) is 3. The van der Waals surface area contributed by atoms with Crippen molar-refractivity contribution in [2.24, 2.45) is 23.1 Å². The molecule has 31 heavy (non-hydrogen) atoms.